The smallest absolute Gasteiger partial charge is 0.229 e. The van der Waals surface area contributed by atoms with Crippen molar-refractivity contribution in [2.45, 2.75) is 26.7 Å². The molecule has 0 saturated carbocycles. The van der Waals surface area contributed by atoms with Crippen molar-refractivity contribution >= 4 is 33.8 Å². The van der Waals surface area contributed by atoms with E-state index in [9.17, 15) is 4.79 Å². The number of nitrogens with one attached hydrogen (secondary N) is 1. The molecule has 0 unspecified atom stereocenters. The number of thiazole rings is 1. The fourth-order valence-corrected chi connectivity index (χ4v) is 4.65. The Labute approximate surface area is 183 Å². The van der Waals surface area contributed by atoms with Crippen LogP contribution in [0.4, 0.5) is 10.9 Å². The number of hydrogen-bond acceptors (Lipinski definition) is 8. The van der Waals surface area contributed by atoms with Crippen LogP contribution in [-0.4, -0.2) is 49.2 Å². The van der Waals surface area contributed by atoms with Gasteiger partial charge >= 0.3 is 0 Å². The number of piperidine rings is 1. The van der Waals surface area contributed by atoms with Gasteiger partial charge in [-0.2, -0.15) is 0 Å². The molecule has 1 amide bonds. The third kappa shape index (κ3) is 3.98. The minimum Gasteiger partial charge on any atom is -0.355 e. The molecule has 3 aromatic heterocycles. The van der Waals surface area contributed by atoms with Gasteiger partial charge in [0.2, 0.25) is 5.91 Å². The van der Waals surface area contributed by atoms with Gasteiger partial charge in [-0.25, -0.2) is 4.98 Å². The number of fused-ring (bicyclic) bond motifs is 1. The first kappa shape index (κ1) is 19.6. The fourth-order valence-electron chi connectivity index (χ4n) is 3.82. The molecule has 1 aliphatic heterocycles. The van der Waals surface area contributed by atoms with Crippen molar-refractivity contribution in [3.05, 3.63) is 46.8 Å². The van der Waals surface area contributed by atoms with Gasteiger partial charge in [-0.1, -0.05) is 29.8 Å². The summed E-state index contributed by atoms with van der Waals surface area (Å²) in [6, 6.07) is 12.0. The van der Waals surface area contributed by atoms with Crippen molar-refractivity contribution in [2.24, 2.45) is 5.92 Å². The molecule has 5 rings (SSSR count). The Balaban J connectivity index is 1.22. The lowest BCUT2D eigenvalue weighted by molar-refractivity contribution is -0.120. The molecule has 1 aliphatic rings. The number of hydrogen-bond donors (Lipinski definition) is 1. The summed E-state index contributed by atoms with van der Waals surface area (Å²) >= 11 is 1.52. The standard InChI is InChI=1S/C21H22N8OS/c1-13-3-5-15(6-4-13)19-14(2)31-21(22-19)23-20(30)16-9-11-28(12-10-16)18-8-7-17-24-26-27-29(17)25-18/h3-8,16H,9-12H2,1-2H3,(H,22,23,30). The van der Waals surface area contributed by atoms with Gasteiger partial charge in [-0.15, -0.1) is 26.2 Å². The average molecular weight is 435 g/mol. The fraction of sp³-hybridized carbons (Fsp3) is 0.333. The van der Waals surface area contributed by atoms with E-state index in [-0.39, 0.29) is 11.8 Å². The molecule has 1 saturated heterocycles. The van der Waals surface area contributed by atoms with Gasteiger partial charge in [-0.05, 0) is 49.2 Å². The van der Waals surface area contributed by atoms with E-state index in [1.807, 2.05) is 19.1 Å². The highest BCUT2D eigenvalue weighted by Crippen LogP contribution is 2.31. The molecule has 0 atom stereocenters. The van der Waals surface area contributed by atoms with Gasteiger partial charge < -0.3 is 10.2 Å². The second-order valence-electron chi connectivity index (χ2n) is 7.76. The highest BCUT2D eigenvalue weighted by Gasteiger charge is 2.27. The predicted octanol–water partition coefficient (Wildman–Crippen LogP) is 3.11. The van der Waals surface area contributed by atoms with E-state index in [0.29, 0.717) is 10.8 Å². The highest BCUT2D eigenvalue weighted by molar-refractivity contribution is 7.16. The average Bonchev–Trinajstić information content (AvgIpc) is 3.40. The molecule has 0 aliphatic carbocycles. The molecule has 1 N–H and O–H groups in total. The molecule has 4 heterocycles. The molecule has 0 bridgehead atoms. The highest BCUT2D eigenvalue weighted by atomic mass is 32.1. The summed E-state index contributed by atoms with van der Waals surface area (Å²) in [6.45, 7) is 5.61. The summed E-state index contributed by atoms with van der Waals surface area (Å²) in [5, 5.41) is 19.5. The normalized spacial score (nSPS) is 14.8. The summed E-state index contributed by atoms with van der Waals surface area (Å²) in [7, 11) is 0. The van der Waals surface area contributed by atoms with Gasteiger partial charge in [0.25, 0.3) is 0 Å². The van der Waals surface area contributed by atoms with Crippen molar-refractivity contribution in [3.8, 4) is 11.3 Å². The van der Waals surface area contributed by atoms with E-state index in [2.05, 4.69) is 67.0 Å². The maximum atomic E-state index is 12.8. The Kier molecular flexibility index (Phi) is 5.06. The Bertz CT molecular complexity index is 1220. The monoisotopic (exact) mass is 434 g/mol. The van der Waals surface area contributed by atoms with Crippen LogP contribution in [0.2, 0.25) is 0 Å². The minimum atomic E-state index is -0.0416. The number of aryl methyl sites for hydroxylation is 2. The molecule has 1 aromatic carbocycles. The van der Waals surface area contributed by atoms with Crippen LogP contribution in [-0.2, 0) is 4.79 Å². The van der Waals surface area contributed by atoms with Crippen molar-refractivity contribution in [1.29, 1.82) is 0 Å². The number of amides is 1. The number of rotatable bonds is 4. The third-order valence-electron chi connectivity index (χ3n) is 5.60. The van der Waals surface area contributed by atoms with E-state index in [1.165, 1.54) is 21.5 Å². The van der Waals surface area contributed by atoms with Gasteiger partial charge in [0.05, 0.1) is 5.69 Å². The van der Waals surface area contributed by atoms with Crippen LogP contribution in [0.1, 0.15) is 23.3 Å². The van der Waals surface area contributed by atoms with Crippen LogP contribution in [0.15, 0.2) is 36.4 Å². The zero-order valence-corrected chi connectivity index (χ0v) is 18.1. The maximum absolute atomic E-state index is 12.8. The van der Waals surface area contributed by atoms with E-state index < -0.39 is 0 Å². The topological polar surface area (TPSA) is 101 Å². The summed E-state index contributed by atoms with van der Waals surface area (Å²) in [5.41, 5.74) is 3.82. The van der Waals surface area contributed by atoms with E-state index in [0.717, 1.165) is 47.9 Å². The van der Waals surface area contributed by atoms with Crippen molar-refractivity contribution in [2.75, 3.05) is 23.3 Å². The first-order valence-corrected chi connectivity index (χ1v) is 11.0. The predicted molar refractivity (Wildman–Crippen MR) is 119 cm³/mol. The van der Waals surface area contributed by atoms with Gasteiger partial charge in [-0.3, -0.25) is 4.79 Å². The number of anilines is 2. The maximum Gasteiger partial charge on any atom is 0.229 e. The van der Waals surface area contributed by atoms with Crippen LogP contribution in [0, 0.1) is 19.8 Å². The lowest BCUT2D eigenvalue weighted by atomic mass is 9.96. The summed E-state index contributed by atoms with van der Waals surface area (Å²) in [5.74, 6) is 0.810. The summed E-state index contributed by atoms with van der Waals surface area (Å²) in [6.07, 6.45) is 1.52. The molecule has 158 valence electrons. The van der Waals surface area contributed by atoms with Crippen LogP contribution in [0.3, 0.4) is 0 Å². The van der Waals surface area contributed by atoms with Gasteiger partial charge in [0, 0.05) is 29.4 Å². The van der Waals surface area contributed by atoms with Crippen molar-refractivity contribution in [3.63, 3.8) is 0 Å². The zero-order valence-electron chi connectivity index (χ0n) is 17.3. The van der Waals surface area contributed by atoms with Crippen LogP contribution >= 0.6 is 11.3 Å². The third-order valence-corrected chi connectivity index (χ3v) is 6.48. The molecule has 31 heavy (non-hydrogen) atoms. The van der Waals surface area contributed by atoms with Crippen LogP contribution < -0.4 is 10.2 Å². The van der Waals surface area contributed by atoms with Gasteiger partial charge in [0.1, 0.15) is 0 Å². The SMILES string of the molecule is Cc1ccc(-c2nc(NC(=O)C3CCN(c4ccc5nnnn5n4)CC3)sc2C)cc1. The molecule has 1 fully saturated rings. The largest absolute Gasteiger partial charge is 0.355 e. The summed E-state index contributed by atoms with van der Waals surface area (Å²) in [4.78, 5) is 20.8. The van der Waals surface area contributed by atoms with E-state index in [1.54, 1.807) is 0 Å². The number of tetrazole rings is 1. The zero-order chi connectivity index (χ0) is 21.4. The number of carbonyl (C=O) groups excluding carboxylic acids is 1. The Morgan fingerprint density at radius 3 is 2.65 bits per heavy atom. The van der Waals surface area contributed by atoms with Crippen molar-refractivity contribution < 1.29 is 4.79 Å². The van der Waals surface area contributed by atoms with Crippen LogP contribution in [0.25, 0.3) is 16.9 Å². The molecule has 0 radical (unpaired) electrons. The quantitative estimate of drug-likeness (QED) is 0.527. The second kappa shape index (κ2) is 8.03. The number of benzene rings is 1. The van der Waals surface area contributed by atoms with E-state index >= 15 is 0 Å². The van der Waals surface area contributed by atoms with Crippen molar-refractivity contribution in [1.82, 2.24) is 30.2 Å². The molecule has 4 aromatic rings. The summed E-state index contributed by atoms with van der Waals surface area (Å²) < 4.78 is 1.42. The van der Waals surface area contributed by atoms with Gasteiger partial charge in [0.15, 0.2) is 16.6 Å². The Hall–Kier alpha value is -3.40. The van der Waals surface area contributed by atoms with Crippen LogP contribution in [0.5, 0.6) is 0 Å². The lowest BCUT2D eigenvalue weighted by Gasteiger charge is -2.31. The first-order valence-electron chi connectivity index (χ1n) is 10.2. The first-order chi connectivity index (χ1) is 15.1. The molecular formula is C21H22N8OS. The second-order valence-corrected chi connectivity index (χ2v) is 8.96. The Morgan fingerprint density at radius 2 is 1.87 bits per heavy atom. The number of aromatic nitrogens is 6. The molecule has 0 spiro atoms. The Morgan fingerprint density at radius 1 is 1.10 bits per heavy atom. The van der Waals surface area contributed by atoms with E-state index in [4.69, 9.17) is 0 Å². The molecule has 10 heteroatoms. The lowest BCUT2D eigenvalue weighted by Crippen LogP contribution is -2.38. The molecule has 9 nitrogen and oxygen atoms in total. The number of nitrogens with zero attached hydrogens (tertiary/aromatic N) is 7. The number of carbonyl (C=O) groups is 1. The minimum absolute atomic E-state index is 0.0349. The molecular weight excluding hydrogens is 412 g/mol.